The van der Waals surface area contributed by atoms with Crippen molar-refractivity contribution in [3.05, 3.63) is 54.1 Å². The molecule has 1 aliphatic rings. The van der Waals surface area contributed by atoms with Crippen LogP contribution < -0.4 is 10.1 Å². The average Bonchev–Trinajstić information content (AvgIpc) is 3.25. The van der Waals surface area contributed by atoms with Gasteiger partial charge in [-0.2, -0.15) is 8.78 Å². The SMILES string of the molecule is O=C(CSc1nc2ccccc2n1C(F)F)NCC1Cc2ccccc2O1. The van der Waals surface area contributed by atoms with Crippen LogP contribution in [0, 0.1) is 0 Å². The predicted molar refractivity (Wildman–Crippen MR) is 99.3 cm³/mol. The summed E-state index contributed by atoms with van der Waals surface area (Å²) in [5.41, 5.74) is 1.96. The highest BCUT2D eigenvalue weighted by Gasteiger charge is 2.23. The summed E-state index contributed by atoms with van der Waals surface area (Å²) in [4.78, 5) is 16.3. The molecule has 0 radical (unpaired) electrons. The lowest BCUT2D eigenvalue weighted by Gasteiger charge is -2.12. The van der Waals surface area contributed by atoms with Crippen LogP contribution in [0.5, 0.6) is 5.75 Å². The van der Waals surface area contributed by atoms with Crippen molar-refractivity contribution in [1.82, 2.24) is 14.9 Å². The zero-order valence-electron chi connectivity index (χ0n) is 14.3. The maximum atomic E-state index is 13.4. The molecule has 1 aromatic heterocycles. The average molecular weight is 389 g/mol. The number of halogens is 2. The number of carbonyl (C=O) groups excluding carboxylic acids is 1. The van der Waals surface area contributed by atoms with Gasteiger partial charge in [0.2, 0.25) is 5.91 Å². The quantitative estimate of drug-likeness (QED) is 0.654. The standard InChI is InChI=1S/C19H17F2N3O2S/c20-18(21)24-15-7-3-2-6-14(15)23-19(24)27-11-17(25)22-10-13-9-12-5-1-4-8-16(12)26-13/h1-8,13,18H,9-11H2,(H,22,25). The van der Waals surface area contributed by atoms with Gasteiger partial charge in [-0.25, -0.2) is 4.98 Å². The van der Waals surface area contributed by atoms with Crippen LogP contribution in [0.1, 0.15) is 12.1 Å². The van der Waals surface area contributed by atoms with Gasteiger partial charge in [-0.1, -0.05) is 42.1 Å². The summed E-state index contributed by atoms with van der Waals surface area (Å²) in [6, 6.07) is 14.5. The molecule has 2 heterocycles. The summed E-state index contributed by atoms with van der Waals surface area (Å²) in [6.07, 6.45) is 0.632. The number of thioether (sulfide) groups is 1. The first-order valence-electron chi connectivity index (χ1n) is 8.51. The number of rotatable bonds is 6. The minimum atomic E-state index is -2.71. The highest BCUT2D eigenvalue weighted by Crippen LogP contribution is 2.29. The normalized spacial score (nSPS) is 15.7. The molecule has 4 rings (SSSR count). The Hall–Kier alpha value is -2.61. The van der Waals surface area contributed by atoms with E-state index in [-0.39, 0.29) is 22.9 Å². The smallest absolute Gasteiger partial charge is 0.321 e. The minimum absolute atomic E-state index is 0.00963. The van der Waals surface area contributed by atoms with Gasteiger partial charge in [-0.15, -0.1) is 0 Å². The number of amides is 1. The highest BCUT2D eigenvalue weighted by molar-refractivity contribution is 7.99. The van der Waals surface area contributed by atoms with Crippen molar-refractivity contribution in [3.8, 4) is 5.75 Å². The molecule has 0 saturated heterocycles. The van der Waals surface area contributed by atoms with E-state index in [9.17, 15) is 13.6 Å². The molecule has 1 N–H and O–H groups in total. The second-order valence-electron chi connectivity index (χ2n) is 6.18. The molecule has 1 aliphatic heterocycles. The first-order chi connectivity index (χ1) is 13.1. The van der Waals surface area contributed by atoms with Crippen molar-refractivity contribution in [2.45, 2.75) is 24.2 Å². The number of para-hydroxylation sites is 3. The number of ether oxygens (including phenoxy) is 1. The third-order valence-corrected chi connectivity index (χ3v) is 5.28. The number of benzene rings is 2. The van der Waals surface area contributed by atoms with Gasteiger partial charge in [0.15, 0.2) is 5.16 Å². The van der Waals surface area contributed by atoms with E-state index in [1.807, 2.05) is 24.3 Å². The molecular formula is C19H17F2N3O2S. The lowest BCUT2D eigenvalue weighted by atomic mass is 10.1. The van der Waals surface area contributed by atoms with Crippen molar-refractivity contribution < 1.29 is 18.3 Å². The number of fused-ring (bicyclic) bond motifs is 2. The summed E-state index contributed by atoms with van der Waals surface area (Å²) in [7, 11) is 0. The Kier molecular flexibility index (Phi) is 4.98. The number of nitrogens with zero attached hydrogens (tertiary/aromatic N) is 2. The Morgan fingerprint density at radius 2 is 2.04 bits per heavy atom. The first-order valence-corrected chi connectivity index (χ1v) is 9.49. The van der Waals surface area contributed by atoms with Crippen molar-refractivity contribution in [3.63, 3.8) is 0 Å². The van der Waals surface area contributed by atoms with Crippen molar-refractivity contribution in [2.75, 3.05) is 12.3 Å². The van der Waals surface area contributed by atoms with E-state index in [1.165, 1.54) is 0 Å². The van der Waals surface area contributed by atoms with Crippen molar-refractivity contribution >= 4 is 28.7 Å². The van der Waals surface area contributed by atoms with Crippen LogP contribution in [-0.4, -0.2) is 33.9 Å². The van der Waals surface area contributed by atoms with Gasteiger partial charge in [0.1, 0.15) is 11.9 Å². The maximum Gasteiger partial charge on any atom is 0.321 e. The monoisotopic (exact) mass is 389 g/mol. The van der Waals surface area contributed by atoms with Gasteiger partial charge >= 0.3 is 6.55 Å². The topological polar surface area (TPSA) is 56.2 Å². The van der Waals surface area contributed by atoms with Crippen molar-refractivity contribution in [2.24, 2.45) is 0 Å². The van der Waals surface area contributed by atoms with E-state index < -0.39 is 6.55 Å². The number of hydrogen-bond donors (Lipinski definition) is 1. The largest absolute Gasteiger partial charge is 0.488 e. The summed E-state index contributed by atoms with van der Waals surface area (Å²) >= 11 is 0.998. The number of hydrogen-bond acceptors (Lipinski definition) is 4. The molecule has 1 atom stereocenters. The lowest BCUT2D eigenvalue weighted by molar-refractivity contribution is -0.118. The fourth-order valence-corrected chi connectivity index (χ4v) is 3.93. The maximum absolute atomic E-state index is 13.4. The predicted octanol–water partition coefficient (Wildman–Crippen LogP) is 3.64. The highest BCUT2D eigenvalue weighted by atomic mass is 32.2. The summed E-state index contributed by atoms with van der Waals surface area (Å²) < 4.78 is 33.4. The molecule has 3 aromatic rings. The first kappa shape index (κ1) is 17.8. The van der Waals surface area contributed by atoms with Gasteiger partial charge in [-0.05, 0) is 23.8 Å². The van der Waals surface area contributed by atoms with E-state index in [0.29, 0.717) is 17.6 Å². The van der Waals surface area contributed by atoms with E-state index in [0.717, 1.165) is 34.1 Å². The van der Waals surface area contributed by atoms with E-state index >= 15 is 0 Å². The van der Waals surface area contributed by atoms with Gasteiger partial charge < -0.3 is 10.1 Å². The molecule has 140 valence electrons. The number of aromatic nitrogens is 2. The molecule has 1 amide bonds. The molecule has 8 heteroatoms. The number of nitrogens with one attached hydrogen (secondary N) is 1. The van der Waals surface area contributed by atoms with E-state index in [4.69, 9.17) is 4.74 Å². The molecule has 0 aliphatic carbocycles. The molecule has 1 unspecified atom stereocenters. The van der Waals surface area contributed by atoms with Crippen LogP contribution in [-0.2, 0) is 11.2 Å². The number of imidazole rings is 1. The van der Waals surface area contributed by atoms with Crippen LogP contribution in [0.15, 0.2) is 53.7 Å². The third-order valence-electron chi connectivity index (χ3n) is 4.33. The summed E-state index contributed by atoms with van der Waals surface area (Å²) in [5.74, 6) is 0.611. The molecular weight excluding hydrogens is 372 g/mol. The van der Waals surface area contributed by atoms with Gasteiger partial charge in [0.05, 0.1) is 23.3 Å². The number of carbonyl (C=O) groups is 1. The molecule has 0 fully saturated rings. The third kappa shape index (κ3) is 3.75. The lowest BCUT2D eigenvalue weighted by Crippen LogP contribution is -2.35. The van der Waals surface area contributed by atoms with Gasteiger partial charge in [-0.3, -0.25) is 9.36 Å². The van der Waals surface area contributed by atoms with Crippen LogP contribution in [0.3, 0.4) is 0 Å². The molecule has 5 nitrogen and oxygen atoms in total. The second kappa shape index (κ2) is 7.56. The van der Waals surface area contributed by atoms with Gasteiger partial charge in [0.25, 0.3) is 0 Å². The fourth-order valence-electron chi connectivity index (χ4n) is 3.09. The Morgan fingerprint density at radius 3 is 2.85 bits per heavy atom. The Morgan fingerprint density at radius 1 is 1.26 bits per heavy atom. The fraction of sp³-hybridized carbons (Fsp3) is 0.263. The summed E-state index contributed by atoms with van der Waals surface area (Å²) in [5, 5.41) is 2.93. The zero-order chi connectivity index (χ0) is 18.8. The number of alkyl halides is 2. The Balaban J connectivity index is 1.34. The molecule has 0 spiro atoms. The van der Waals surface area contributed by atoms with Gasteiger partial charge in [0, 0.05) is 6.42 Å². The minimum Gasteiger partial charge on any atom is -0.488 e. The van der Waals surface area contributed by atoms with Crippen LogP contribution in [0.2, 0.25) is 0 Å². The Labute approximate surface area is 158 Å². The van der Waals surface area contributed by atoms with E-state index in [1.54, 1.807) is 24.3 Å². The molecule has 0 saturated carbocycles. The van der Waals surface area contributed by atoms with Crippen LogP contribution in [0.4, 0.5) is 8.78 Å². The molecule has 0 bridgehead atoms. The molecule has 27 heavy (non-hydrogen) atoms. The van der Waals surface area contributed by atoms with Crippen molar-refractivity contribution in [1.29, 1.82) is 0 Å². The van der Waals surface area contributed by atoms with Crippen LogP contribution >= 0.6 is 11.8 Å². The van der Waals surface area contributed by atoms with E-state index in [2.05, 4.69) is 10.3 Å². The second-order valence-corrected chi connectivity index (χ2v) is 7.12. The molecule has 2 aromatic carbocycles. The summed E-state index contributed by atoms with van der Waals surface area (Å²) in [6.45, 7) is -2.34. The van der Waals surface area contributed by atoms with Crippen LogP contribution in [0.25, 0.3) is 11.0 Å². The Bertz CT molecular complexity index is 951. The zero-order valence-corrected chi connectivity index (χ0v) is 15.1.